The van der Waals surface area contributed by atoms with Gasteiger partial charge >= 0.3 is 0 Å². The van der Waals surface area contributed by atoms with Gasteiger partial charge in [0.1, 0.15) is 11.2 Å². The van der Waals surface area contributed by atoms with Crippen LogP contribution in [0.4, 0.5) is 0 Å². The molecule has 0 saturated carbocycles. The number of rotatable bonds is 3. The van der Waals surface area contributed by atoms with E-state index < -0.39 is 10.8 Å². The lowest BCUT2D eigenvalue weighted by Crippen LogP contribution is -2.31. The fourth-order valence-corrected chi connectivity index (χ4v) is 14.0. The Labute approximate surface area is 406 Å². The van der Waals surface area contributed by atoms with Crippen molar-refractivity contribution in [2.24, 2.45) is 0 Å². The molecule has 5 heteroatoms. The van der Waals surface area contributed by atoms with Crippen LogP contribution in [-0.2, 0) is 10.8 Å². The average molecular weight is 908 g/mol. The van der Waals surface area contributed by atoms with Crippen molar-refractivity contribution in [3.63, 3.8) is 0 Å². The fraction of sp³-hybridized carbons (Fsp3) is 0.0308. The molecule has 1 aliphatic heterocycles. The van der Waals surface area contributed by atoms with E-state index in [-0.39, 0.29) is 0 Å². The number of benzene rings is 10. The van der Waals surface area contributed by atoms with E-state index in [4.69, 9.17) is 19.4 Å². The Bertz CT molecular complexity index is 4350. The molecule has 1 atom stereocenters. The molecule has 0 saturated heterocycles. The summed E-state index contributed by atoms with van der Waals surface area (Å²) in [6.07, 6.45) is 0. The van der Waals surface area contributed by atoms with Gasteiger partial charge in [0.15, 0.2) is 17.5 Å². The smallest absolute Gasteiger partial charge is 0.164 e. The molecule has 4 nitrogen and oxygen atoms in total. The third kappa shape index (κ3) is 4.86. The Morgan fingerprint density at radius 1 is 0.314 bits per heavy atom. The van der Waals surface area contributed by atoms with E-state index in [1.54, 1.807) is 0 Å². The highest BCUT2D eigenvalue weighted by atomic mass is 32.1. The van der Waals surface area contributed by atoms with Gasteiger partial charge < -0.3 is 4.42 Å². The van der Waals surface area contributed by atoms with Crippen molar-refractivity contribution in [3.05, 3.63) is 269 Å². The molecule has 4 heterocycles. The summed E-state index contributed by atoms with van der Waals surface area (Å²) in [5.41, 5.74) is 18.3. The predicted molar refractivity (Wildman–Crippen MR) is 284 cm³/mol. The Hall–Kier alpha value is -8.77. The minimum Gasteiger partial charge on any atom is -0.456 e. The topological polar surface area (TPSA) is 51.8 Å². The van der Waals surface area contributed by atoms with Gasteiger partial charge in [0, 0.05) is 47.6 Å². The summed E-state index contributed by atoms with van der Waals surface area (Å²) in [4.78, 5) is 16.2. The summed E-state index contributed by atoms with van der Waals surface area (Å²) in [7, 11) is 0. The molecule has 3 aromatic heterocycles. The maximum Gasteiger partial charge on any atom is 0.164 e. The fourth-order valence-electron chi connectivity index (χ4n) is 12.9. The van der Waals surface area contributed by atoms with Gasteiger partial charge in [-0.05, 0) is 109 Å². The van der Waals surface area contributed by atoms with Gasteiger partial charge in [0.25, 0.3) is 0 Å². The number of thiophene rings is 1. The van der Waals surface area contributed by atoms with E-state index in [0.29, 0.717) is 17.5 Å². The quantitative estimate of drug-likeness (QED) is 0.177. The second-order valence-electron chi connectivity index (χ2n) is 18.9. The van der Waals surface area contributed by atoms with Gasteiger partial charge in [0.05, 0.1) is 10.8 Å². The second-order valence-corrected chi connectivity index (χ2v) is 20.0. The van der Waals surface area contributed by atoms with Crippen molar-refractivity contribution in [2.75, 3.05) is 0 Å². The molecule has 3 aliphatic rings. The summed E-state index contributed by atoms with van der Waals surface area (Å²) in [6, 6.07) is 82.8. The summed E-state index contributed by atoms with van der Waals surface area (Å²) in [5.74, 6) is 1.86. The standard InChI is InChI=1S/C65H37N3OS/c1-2-16-39(17-3-1)64(41-31-33-54-49(36-41)45-21-6-10-27-53(45)65(54)51-25-8-4-19-43(51)44-20-5-9-26-52(44)65)40-18-12-15-38(35-40)61-66-62(47-23-13-29-56-59(47)46-22-7-11-28-55(46)69-56)68-63(67-61)48-24-14-30-58-60(48)50-37-42(64)32-34-57(50)70-58/h1-37H. The number of para-hydroxylation sites is 1. The van der Waals surface area contributed by atoms with E-state index in [1.165, 1.54) is 76.0 Å². The molecule has 10 aromatic carbocycles. The first-order chi connectivity index (χ1) is 34.7. The highest BCUT2D eigenvalue weighted by Gasteiger charge is 2.52. The van der Waals surface area contributed by atoms with Crippen LogP contribution in [0, 0.1) is 0 Å². The SMILES string of the molecule is c1ccc(C2(c3ccc4c(c3)-c3ccccc3C43c4ccccc4-c4ccccc43)c3cccc(c3)-c3nc(-c4cccc5oc6ccccc6c45)nc(n3)-c3cccc4sc5ccc2cc5c34)cc1. The third-order valence-electron chi connectivity index (χ3n) is 15.6. The average Bonchev–Trinajstić information content (AvgIpc) is 4.17. The first-order valence-electron chi connectivity index (χ1n) is 23.9. The number of furan rings is 1. The molecule has 0 radical (unpaired) electrons. The Morgan fingerprint density at radius 3 is 1.63 bits per heavy atom. The first-order valence-corrected chi connectivity index (χ1v) is 24.7. The van der Waals surface area contributed by atoms with Crippen LogP contribution in [0.5, 0.6) is 0 Å². The molecule has 70 heavy (non-hydrogen) atoms. The maximum atomic E-state index is 6.40. The largest absolute Gasteiger partial charge is 0.456 e. The number of aromatic nitrogens is 3. The highest BCUT2D eigenvalue weighted by molar-refractivity contribution is 7.26. The summed E-state index contributed by atoms with van der Waals surface area (Å²) in [5, 5.41) is 4.35. The monoisotopic (exact) mass is 907 g/mol. The van der Waals surface area contributed by atoms with E-state index in [2.05, 4.69) is 200 Å². The summed E-state index contributed by atoms with van der Waals surface area (Å²) >= 11 is 1.82. The van der Waals surface area contributed by atoms with E-state index in [0.717, 1.165) is 49.6 Å². The molecule has 6 bridgehead atoms. The lowest BCUT2D eigenvalue weighted by Gasteiger charge is -2.38. The van der Waals surface area contributed by atoms with Crippen molar-refractivity contribution >= 4 is 53.4 Å². The van der Waals surface area contributed by atoms with E-state index in [1.807, 2.05) is 35.6 Å². The van der Waals surface area contributed by atoms with Crippen LogP contribution >= 0.6 is 11.3 Å². The van der Waals surface area contributed by atoms with E-state index in [9.17, 15) is 0 Å². The molecule has 324 valence electrons. The zero-order valence-corrected chi connectivity index (χ0v) is 38.3. The van der Waals surface area contributed by atoms with Gasteiger partial charge in [0.2, 0.25) is 0 Å². The molecule has 0 N–H and O–H groups in total. The Morgan fingerprint density at radius 2 is 0.857 bits per heavy atom. The normalized spacial score (nSPS) is 15.6. The molecule has 2 aliphatic carbocycles. The van der Waals surface area contributed by atoms with Crippen LogP contribution in [0.25, 0.3) is 98.5 Å². The lowest BCUT2D eigenvalue weighted by atomic mass is 9.64. The highest BCUT2D eigenvalue weighted by Crippen LogP contribution is 2.63. The molecule has 0 amide bonds. The van der Waals surface area contributed by atoms with Gasteiger partial charge in [-0.1, -0.05) is 182 Å². The lowest BCUT2D eigenvalue weighted by molar-refractivity contribution is 0.669. The van der Waals surface area contributed by atoms with Crippen molar-refractivity contribution in [1.82, 2.24) is 15.0 Å². The maximum absolute atomic E-state index is 6.40. The van der Waals surface area contributed by atoms with E-state index >= 15 is 0 Å². The zero-order valence-electron chi connectivity index (χ0n) is 37.5. The molecule has 1 unspecified atom stereocenters. The number of hydrogen-bond donors (Lipinski definition) is 0. The van der Waals surface area contributed by atoms with Crippen molar-refractivity contribution in [3.8, 4) is 56.4 Å². The summed E-state index contributed by atoms with van der Waals surface area (Å²) < 4.78 is 8.81. The third-order valence-corrected chi connectivity index (χ3v) is 16.8. The number of hydrogen-bond acceptors (Lipinski definition) is 5. The predicted octanol–water partition coefficient (Wildman–Crippen LogP) is 16.2. The van der Waals surface area contributed by atoms with Crippen molar-refractivity contribution < 1.29 is 4.42 Å². The van der Waals surface area contributed by atoms with Crippen LogP contribution in [0.2, 0.25) is 0 Å². The van der Waals surface area contributed by atoms with Crippen LogP contribution in [0.15, 0.2) is 229 Å². The zero-order chi connectivity index (χ0) is 45.7. The summed E-state index contributed by atoms with van der Waals surface area (Å²) in [6.45, 7) is 0. The van der Waals surface area contributed by atoms with Gasteiger partial charge in [-0.3, -0.25) is 0 Å². The number of fused-ring (bicyclic) bond motifs is 20. The van der Waals surface area contributed by atoms with Gasteiger partial charge in [-0.15, -0.1) is 11.3 Å². The van der Waals surface area contributed by atoms with Gasteiger partial charge in [-0.25, -0.2) is 15.0 Å². The first kappa shape index (κ1) is 38.2. The molecular weight excluding hydrogens is 871 g/mol. The Kier molecular flexibility index (Phi) is 7.60. The molecule has 16 rings (SSSR count). The van der Waals surface area contributed by atoms with Crippen molar-refractivity contribution in [2.45, 2.75) is 10.8 Å². The van der Waals surface area contributed by atoms with Crippen molar-refractivity contribution in [1.29, 1.82) is 0 Å². The number of nitrogens with zero attached hydrogens (tertiary/aromatic N) is 3. The molecule has 0 fully saturated rings. The van der Waals surface area contributed by atoms with Crippen LogP contribution in [-0.4, -0.2) is 15.0 Å². The molecular formula is C65H37N3OS. The van der Waals surface area contributed by atoms with Gasteiger partial charge in [-0.2, -0.15) is 0 Å². The van der Waals surface area contributed by atoms with Crippen LogP contribution in [0.3, 0.4) is 0 Å². The minimum atomic E-state index is -0.779. The minimum absolute atomic E-state index is 0.448. The van der Waals surface area contributed by atoms with Crippen LogP contribution in [0.1, 0.15) is 44.5 Å². The van der Waals surface area contributed by atoms with Crippen LogP contribution < -0.4 is 0 Å². The Balaban J connectivity index is 1.02. The molecule has 1 spiro atoms. The molecule has 13 aromatic rings. The second kappa shape index (κ2) is 13.9.